The van der Waals surface area contributed by atoms with Gasteiger partial charge in [-0.2, -0.15) is 0 Å². The van der Waals surface area contributed by atoms with E-state index in [1.54, 1.807) is 12.1 Å². The van der Waals surface area contributed by atoms with Crippen molar-refractivity contribution in [3.8, 4) is 0 Å². The molecule has 1 unspecified atom stereocenters. The second-order valence-corrected chi connectivity index (χ2v) is 4.20. The summed E-state index contributed by atoms with van der Waals surface area (Å²) in [6, 6.07) is 5.26. The van der Waals surface area contributed by atoms with E-state index in [1.807, 2.05) is 18.0 Å². The van der Waals surface area contributed by atoms with Crippen LogP contribution in [0.2, 0.25) is 0 Å². The van der Waals surface area contributed by atoms with Crippen molar-refractivity contribution in [1.29, 1.82) is 0 Å². The molecule has 0 radical (unpaired) electrons. The van der Waals surface area contributed by atoms with Crippen LogP contribution in [0, 0.1) is 5.82 Å². The lowest BCUT2D eigenvalue weighted by Crippen LogP contribution is -2.22. The van der Waals surface area contributed by atoms with Crippen LogP contribution in [0.3, 0.4) is 0 Å². The lowest BCUT2D eigenvalue weighted by Gasteiger charge is -2.19. The van der Waals surface area contributed by atoms with E-state index in [0.717, 1.165) is 18.5 Å². The Balaban J connectivity index is 2.16. The summed E-state index contributed by atoms with van der Waals surface area (Å²) in [6.45, 7) is 1.92. The standard InChI is InChI=1S/C12H17FN2O/c1-14-7-9-2-3-12(11(13)6-9)15-5-4-10(16)8-15/h2-3,6,10,14,16H,4-5,7-8H2,1H3. The highest BCUT2D eigenvalue weighted by molar-refractivity contribution is 5.50. The second-order valence-electron chi connectivity index (χ2n) is 4.20. The number of anilines is 1. The molecule has 1 atom stereocenters. The first-order valence-electron chi connectivity index (χ1n) is 5.56. The van der Waals surface area contributed by atoms with Crippen molar-refractivity contribution in [2.24, 2.45) is 0 Å². The molecule has 1 fully saturated rings. The van der Waals surface area contributed by atoms with E-state index < -0.39 is 0 Å². The van der Waals surface area contributed by atoms with E-state index in [-0.39, 0.29) is 11.9 Å². The minimum Gasteiger partial charge on any atom is -0.391 e. The van der Waals surface area contributed by atoms with Crippen LogP contribution in [-0.2, 0) is 6.54 Å². The zero-order valence-electron chi connectivity index (χ0n) is 9.41. The lowest BCUT2D eigenvalue weighted by atomic mass is 10.2. The van der Waals surface area contributed by atoms with Crippen LogP contribution in [0.25, 0.3) is 0 Å². The maximum Gasteiger partial charge on any atom is 0.146 e. The summed E-state index contributed by atoms with van der Waals surface area (Å²) in [5.41, 5.74) is 1.53. The summed E-state index contributed by atoms with van der Waals surface area (Å²) < 4.78 is 13.8. The molecule has 1 saturated heterocycles. The molecule has 0 saturated carbocycles. The topological polar surface area (TPSA) is 35.5 Å². The first-order valence-corrected chi connectivity index (χ1v) is 5.56. The van der Waals surface area contributed by atoms with Crippen LogP contribution in [0.5, 0.6) is 0 Å². The van der Waals surface area contributed by atoms with Gasteiger partial charge >= 0.3 is 0 Å². The zero-order chi connectivity index (χ0) is 11.5. The van der Waals surface area contributed by atoms with Crippen molar-refractivity contribution in [3.63, 3.8) is 0 Å². The third-order valence-electron chi connectivity index (χ3n) is 2.90. The molecular formula is C12H17FN2O. The number of nitrogens with one attached hydrogen (secondary N) is 1. The van der Waals surface area contributed by atoms with Gasteiger partial charge in [-0.3, -0.25) is 0 Å². The smallest absolute Gasteiger partial charge is 0.146 e. The van der Waals surface area contributed by atoms with Crippen molar-refractivity contribution >= 4 is 5.69 Å². The van der Waals surface area contributed by atoms with Crippen LogP contribution in [-0.4, -0.2) is 31.3 Å². The summed E-state index contributed by atoms with van der Waals surface area (Å²) in [7, 11) is 1.84. The minimum absolute atomic E-state index is 0.207. The summed E-state index contributed by atoms with van der Waals surface area (Å²) >= 11 is 0. The highest BCUT2D eigenvalue weighted by Gasteiger charge is 2.22. The fraction of sp³-hybridized carbons (Fsp3) is 0.500. The fourth-order valence-corrected chi connectivity index (χ4v) is 2.08. The average molecular weight is 224 g/mol. The van der Waals surface area contributed by atoms with Gasteiger partial charge in [0, 0.05) is 19.6 Å². The Morgan fingerprint density at radius 3 is 2.94 bits per heavy atom. The molecule has 0 aliphatic carbocycles. The number of halogens is 1. The van der Waals surface area contributed by atoms with E-state index in [0.29, 0.717) is 18.8 Å². The molecule has 2 N–H and O–H groups in total. The van der Waals surface area contributed by atoms with E-state index in [4.69, 9.17) is 0 Å². The molecule has 3 nitrogen and oxygen atoms in total. The van der Waals surface area contributed by atoms with Gasteiger partial charge in [-0.15, -0.1) is 0 Å². The average Bonchev–Trinajstić information content (AvgIpc) is 2.65. The maximum atomic E-state index is 13.8. The third kappa shape index (κ3) is 2.33. The number of rotatable bonds is 3. The number of nitrogens with zero attached hydrogens (tertiary/aromatic N) is 1. The van der Waals surface area contributed by atoms with Crippen LogP contribution in [0.15, 0.2) is 18.2 Å². The Morgan fingerprint density at radius 2 is 2.38 bits per heavy atom. The normalized spacial score (nSPS) is 20.4. The number of benzene rings is 1. The maximum absolute atomic E-state index is 13.8. The summed E-state index contributed by atoms with van der Waals surface area (Å²) in [5, 5.41) is 12.4. The van der Waals surface area contributed by atoms with Crippen molar-refractivity contribution in [1.82, 2.24) is 5.32 Å². The molecule has 0 spiro atoms. The Labute approximate surface area is 94.9 Å². The third-order valence-corrected chi connectivity index (χ3v) is 2.90. The van der Waals surface area contributed by atoms with Crippen molar-refractivity contribution in [2.45, 2.75) is 19.1 Å². The van der Waals surface area contributed by atoms with E-state index in [2.05, 4.69) is 5.32 Å². The molecule has 88 valence electrons. The van der Waals surface area contributed by atoms with Crippen LogP contribution in [0.4, 0.5) is 10.1 Å². The predicted octanol–water partition coefficient (Wildman–Crippen LogP) is 1.12. The molecule has 4 heteroatoms. The van der Waals surface area contributed by atoms with Gasteiger partial charge in [0.1, 0.15) is 5.82 Å². The number of hydrogen-bond donors (Lipinski definition) is 2. The lowest BCUT2D eigenvalue weighted by molar-refractivity contribution is 0.198. The Hall–Kier alpha value is -1.13. The Bertz CT molecular complexity index is 370. The van der Waals surface area contributed by atoms with Gasteiger partial charge in [-0.05, 0) is 31.2 Å². The van der Waals surface area contributed by atoms with Gasteiger partial charge in [-0.25, -0.2) is 4.39 Å². The van der Waals surface area contributed by atoms with Gasteiger partial charge in [0.05, 0.1) is 11.8 Å². The summed E-state index contributed by atoms with van der Waals surface area (Å²) in [4.78, 5) is 1.89. The molecule has 2 rings (SSSR count). The zero-order valence-corrected chi connectivity index (χ0v) is 9.41. The van der Waals surface area contributed by atoms with E-state index in [9.17, 15) is 9.50 Å². The largest absolute Gasteiger partial charge is 0.391 e. The van der Waals surface area contributed by atoms with Crippen molar-refractivity contribution < 1.29 is 9.50 Å². The minimum atomic E-state index is -0.323. The van der Waals surface area contributed by atoms with Crippen LogP contribution >= 0.6 is 0 Å². The first kappa shape index (κ1) is 11.4. The molecular weight excluding hydrogens is 207 g/mol. The molecule has 0 bridgehead atoms. The Morgan fingerprint density at radius 1 is 1.56 bits per heavy atom. The molecule has 1 aliphatic heterocycles. The quantitative estimate of drug-likeness (QED) is 0.807. The van der Waals surface area contributed by atoms with Gasteiger partial charge in [0.2, 0.25) is 0 Å². The Kier molecular flexibility index (Phi) is 3.41. The molecule has 1 aromatic carbocycles. The highest BCUT2D eigenvalue weighted by Crippen LogP contribution is 2.24. The number of hydrogen-bond acceptors (Lipinski definition) is 3. The summed E-state index contributed by atoms with van der Waals surface area (Å²) in [5.74, 6) is -0.207. The van der Waals surface area contributed by atoms with Crippen molar-refractivity contribution in [2.75, 3.05) is 25.0 Å². The van der Waals surface area contributed by atoms with Gasteiger partial charge in [0.15, 0.2) is 0 Å². The molecule has 1 aromatic rings. The fourth-order valence-electron chi connectivity index (χ4n) is 2.08. The number of aliphatic hydroxyl groups is 1. The monoisotopic (exact) mass is 224 g/mol. The molecule has 0 aromatic heterocycles. The highest BCUT2D eigenvalue weighted by atomic mass is 19.1. The van der Waals surface area contributed by atoms with Crippen LogP contribution in [0.1, 0.15) is 12.0 Å². The van der Waals surface area contributed by atoms with Gasteiger partial charge < -0.3 is 15.3 Å². The predicted molar refractivity (Wildman–Crippen MR) is 62.0 cm³/mol. The van der Waals surface area contributed by atoms with Gasteiger partial charge in [-0.1, -0.05) is 6.07 Å². The number of β-amino-alcohol motifs (C(OH)–C–C–N with tert-alkyl or cyclic N) is 1. The SMILES string of the molecule is CNCc1ccc(N2CCC(O)C2)c(F)c1. The molecule has 0 amide bonds. The first-order chi connectivity index (χ1) is 7.70. The summed E-state index contributed by atoms with van der Waals surface area (Å²) in [6.07, 6.45) is 0.397. The molecule has 1 heterocycles. The van der Waals surface area contributed by atoms with Crippen molar-refractivity contribution in [3.05, 3.63) is 29.6 Å². The number of aliphatic hydroxyl groups excluding tert-OH is 1. The molecule has 1 aliphatic rings. The van der Waals surface area contributed by atoms with E-state index in [1.165, 1.54) is 0 Å². The van der Waals surface area contributed by atoms with E-state index >= 15 is 0 Å². The van der Waals surface area contributed by atoms with Gasteiger partial charge in [0.25, 0.3) is 0 Å². The second kappa shape index (κ2) is 4.80. The van der Waals surface area contributed by atoms with Crippen LogP contribution < -0.4 is 10.2 Å². The molecule has 16 heavy (non-hydrogen) atoms.